The first-order chi connectivity index (χ1) is 8.66. The van der Waals surface area contributed by atoms with Gasteiger partial charge in [-0.15, -0.1) is 0 Å². The molecule has 1 aliphatic carbocycles. The fourth-order valence-corrected chi connectivity index (χ4v) is 2.69. The highest BCUT2D eigenvalue weighted by Gasteiger charge is 2.12. The Balaban J connectivity index is 1.88. The molecule has 100 valence electrons. The van der Waals surface area contributed by atoms with Gasteiger partial charge in [-0.2, -0.15) is 0 Å². The topological polar surface area (TPSA) is 66.9 Å². The van der Waals surface area contributed by atoms with Crippen LogP contribution in [0, 0.1) is 0 Å². The third-order valence-electron chi connectivity index (χ3n) is 3.36. The number of hydrogen-bond acceptors (Lipinski definition) is 3. The van der Waals surface area contributed by atoms with E-state index >= 15 is 0 Å². The lowest BCUT2D eigenvalue weighted by Gasteiger charge is -2.22. The van der Waals surface area contributed by atoms with Crippen molar-refractivity contribution >= 4 is 15.9 Å². The number of halogens is 1. The van der Waals surface area contributed by atoms with E-state index in [1.807, 2.05) is 0 Å². The fraction of sp³-hybridized carbons (Fsp3) is 0.667. The molecule has 2 rings (SSSR count). The minimum absolute atomic E-state index is 0.353. The van der Waals surface area contributed by atoms with Gasteiger partial charge in [0.15, 0.2) is 0 Å². The van der Waals surface area contributed by atoms with Gasteiger partial charge in [0.1, 0.15) is 0 Å². The first kappa shape index (κ1) is 13.5. The molecule has 2 N–H and O–H groups in total. The Morgan fingerprint density at radius 2 is 2.06 bits per heavy atom. The maximum Gasteiger partial charge on any atom is 0.328 e. The molecular weight excluding hydrogens is 298 g/mol. The molecule has 0 atom stereocenters. The number of rotatable bonds is 4. The van der Waals surface area contributed by atoms with E-state index in [0.29, 0.717) is 17.1 Å². The predicted molar refractivity (Wildman–Crippen MR) is 73.9 cm³/mol. The molecule has 1 aliphatic rings. The minimum atomic E-state index is -0.378. The van der Waals surface area contributed by atoms with Gasteiger partial charge >= 0.3 is 5.69 Å². The van der Waals surface area contributed by atoms with Gasteiger partial charge in [-0.1, -0.05) is 19.3 Å². The third kappa shape index (κ3) is 3.55. The molecule has 5 nitrogen and oxygen atoms in total. The second kappa shape index (κ2) is 6.33. The minimum Gasteiger partial charge on any atom is -0.312 e. The van der Waals surface area contributed by atoms with Crippen LogP contribution in [0.1, 0.15) is 32.1 Å². The molecule has 1 fully saturated rings. The van der Waals surface area contributed by atoms with Crippen molar-refractivity contribution in [3.8, 4) is 0 Å². The fourth-order valence-electron chi connectivity index (χ4n) is 2.34. The SMILES string of the molecule is O=c1[nH]c(=O)n(CCNC2CCCCC2)cc1Br. The highest BCUT2D eigenvalue weighted by atomic mass is 79.9. The summed E-state index contributed by atoms with van der Waals surface area (Å²) in [5.74, 6) is 0. The molecule has 1 aromatic heterocycles. The average Bonchev–Trinajstić information content (AvgIpc) is 2.37. The van der Waals surface area contributed by atoms with Crippen LogP contribution in [0.2, 0.25) is 0 Å². The van der Waals surface area contributed by atoms with Crippen LogP contribution in [-0.4, -0.2) is 22.1 Å². The van der Waals surface area contributed by atoms with Gasteiger partial charge in [0.25, 0.3) is 5.56 Å². The molecule has 0 aromatic carbocycles. The molecule has 18 heavy (non-hydrogen) atoms. The van der Waals surface area contributed by atoms with Gasteiger partial charge in [-0.05, 0) is 28.8 Å². The van der Waals surface area contributed by atoms with Crippen molar-refractivity contribution in [2.24, 2.45) is 0 Å². The third-order valence-corrected chi connectivity index (χ3v) is 3.92. The van der Waals surface area contributed by atoms with E-state index in [0.717, 1.165) is 6.54 Å². The molecule has 1 saturated carbocycles. The van der Waals surface area contributed by atoms with E-state index in [2.05, 4.69) is 26.2 Å². The van der Waals surface area contributed by atoms with Gasteiger partial charge in [-0.3, -0.25) is 14.3 Å². The van der Waals surface area contributed by atoms with Gasteiger partial charge in [0.2, 0.25) is 0 Å². The van der Waals surface area contributed by atoms with E-state index in [-0.39, 0.29) is 11.2 Å². The molecule has 0 radical (unpaired) electrons. The molecule has 0 spiro atoms. The Hall–Kier alpha value is -0.880. The van der Waals surface area contributed by atoms with Gasteiger partial charge in [0.05, 0.1) is 4.47 Å². The number of nitrogens with one attached hydrogen (secondary N) is 2. The molecular formula is C12H18BrN3O2. The summed E-state index contributed by atoms with van der Waals surface area (Å²) in [6.45, 7) is 1.33. The van der Waals surface area contributed by atoms with Crippen LogP contribution in [0.5, 0.6) is 0 Å². The molecule has 1 heterocycles. The summed E-state index contributed by atoms with van der Waals surface area (Å²) in [6, 6.07) is 0.584. The van der Waals surface area contributed by atoms with E-state index in [1.54, 1.807) is 6.20 Å². The highest BCUT2D eigenvalue weighted by molar-refractivity contribution is 9.10. The maximum absolute atomic E-state index is 11.5. The number of nitrogens with zero attached hydrogens (tertiary/aromatic N) is 1. The lowest BCUT2D eigenvalue weighted by atomic mass is 9.95. The van der Waals surface area contributed by atoms with Crippen molar-refractivity contribution in [1.29, 1.82) is 0 Å². The summed E-state index contributed by atoms with van der Waals surface area (Å²) in [6.07, 6.45) is 7.92. The Labute approximate surface area is 114 Å². The van der Waals surface area contributed by atoms with Gasteiger partial charge in [-0.25, -0.2) is 4.79 Å². The zero-order valence-electron chi connectivity index (χ0n) is 10.2. The van der Waals surface area contributed by atoms with Crippen LogP contribution in [-0.2, 0) is 6.54 Å². The number of H-pyrrole nitrogens is 1. The van der Waals surface area contributed by atoms with E-state index in [9.17, 15) is 9.59 Å². The van der Waals surface area contributed by atoms with Crippen molar-refractivity contribution in [3.63, 3.8) is 0 Å². The summed E-state index contributed by atoms with van der Waals surface area (Å²) in [5.41, 5.74) is -0.731. The van der Waals surface area contributed by atoms with Crippen molar-refractivity contribution in [2.45, 2.75) is 44.7 Å². The molecule has 0 unspecified atom stereocenters. The molecule has 1 aromatic rings. The molecule has 6 heteroatoms. The quantitative estimate of drug-likeness (QED) is 0.878. The summed E-state index contributed by atoms with van der Waals surface area (Å²) in [4.78, 5) is 25.0. The Kier molecular flexibility index (Phi) is 4.77. The summed E-state index contributed by atoms with van der Waals surface area (Å²) in [5, 5.41) is 3.46. The number of aromatic amines is 1. The van der Waals surface area contributed by atoms with Crippen LogP contribution in [0.4, 0.5) is 0 Å². The molecule has 0 bridgehead atoms. The normalized spacial score (nSPS) is 16.9. The number of hydrogen-bond donors (Lipinski definition) is 2. The lowest BCUT2D eigenvalue weighted by Crippen LogP contribution is -2.37. The summed E-state index contributed by atoms with van der Waals surface area (Å²) >= 11 is 3.12. The zero-order chi connectivity index (χ0) is 13.0. The first-order valence-electron chi connectivity index (χ1n) is 6.39. The van der Waals surface area contributed by atoms with Crippen LogP contribution in [0.25, 0.3) is 0 Å². The van der Waals surface area contributed by atoms with Crippen molar-refractivity contribution in [2.75, 3.05) is 6.54 Å². The average molecular weight is 316 g/mol. The van der Waals surface area contributed by atoms with Gasteiger partial charge < -0.3 is 5.32 Å². The van der Waals surface area contributed by atoms with Crippen molar-refractivity contribution in [1.82, 2.24) is 14.9 Å². The van der Waals surface area contributed by atoms with Crippen LogP contribution in [0.15, 0.2) is 20.3 Å². The first-order valence-corrected chi connectivity index (χ1v) is 7.19. The maximum atomic E-state index is 11.5. The second-order valence-corrected chi connectivity index (χ2v) is 5.57. The second-order valence-electron chi connectivity index (χ2n) is 4.72. The molecule has 0 aliphatic heterocycles. The summed E-state index contributed by atoms with van der Waals surface area (Å²) in [7, 11) is 0. The Morgan fingerprint density at radius 3 is 2.78 bits per heavy atom. The smallest absolute Gasteiger partial charge is 0.312 e. The van der Waals surface area contributed by atoms with E-state index < -0.39 is 0 Å². The van der Waals surface area contributed by atoms with E-state index in [1.165, 1.54) is 36.7 Å². The van der Waals surface area contributed by atoms with Crippen LogP contribution in [0.3, 0.4) is 0 Å². The predicted octanol–water partition coefficient (Wildman–Crippen LogP) is 1.22. The number of aromatic nitrogens is 2. The standard InChI is InChI=1S/C12H18BrN3O2/c13-10-8-16(12(18)15-11(10)17)7-6-14-9-4-2-1-3-5-9/h8-9,14H,1-7H2,(H,15,17,18). The largest absolute Gasteiger partial charge is 0.328 e. The monoisotopic (exact) mass is 315 g/mol. The summed E-state index contributed by atoms with van der Waals surface area (Å²) < 4.78 is 1.90. The highest BCUT2D eigenvalue weighted by Crippen LogP contribution is 2.16. The Bertz CT molecular complexity index is 503. The van der Waals surface area contributed by atoms with Crippen molar-refractivity contribution in [3.05, 3.63) is 31.5 Å². The van der Waals surface area contributed by atoms with E-state index in [4.69, 9.17) is 0 Å². The van der Waals surface area contributed by atoms with Crippen molar-refractivity contribution < 1.29 is 0 Å². The van der Waals surface area contributed by atoms with Crippen LogP contribution < -0.4 is 16.6 Å². The Morgan fingerprint density at radius 1 is 1.33 bits per heavy atom. The lowest BCUT2D eigenvalue weighted by molar-refractivity contribution is 0.366. The molecule has 0 saturated heterocycles. The van der Waals surface area contributed by atoms with Crippen LogP contribution >= 0.6 is 15.9 Å². The zero-order valence-corrected chi connectivity index (χ0v) is 11.8. The van der Waals surface area contributed by atoms with Gasteiger partial charge in [0, 0.05) is 25.3 Å². The molecule has 0 amide bonds.